The fourth-order valence-corrected chi connectivity index (χ4v) is 1.53. The van der Waals surface area contributed by atoms with Gasteiger partial charge in [-0.3, -0.25) is 0 Å². The molecule has 0 fully saturated rings. The summed E-state index contributed by atoms with van der Waals surface area (Å²) in [5, 5.41) is 8.67. The highest BCUT2D eigenvalue weighted by Gasteiger charge is 2.13. The predicted molar refractivity (Wildman–Crippen MR) is 48.1 cm³/mol. The first-order valence-electron chi connectivity index (χ1n) is 4.13. The smallest absolute Gasteiger partial charge is 0.102 e. The van der Waals surface area contributed by atoms with Crippen LogP contribution in [0.25, 0.3) is 0 Å². The van der Waals surface area contributed by atoms with Crippen LogP contribution in [0.5, 0.6) is 0 Å². The number of hydrogen-bond donors (Lipinski definition) is 1. The van der Waals surface area contributed by atoms with Crippen molar-refractivity contribution in [3.8, 4) is 0 Å². The molecule has 0 aliphatic carbocycles. The van der Waals surface area contributed by atoms with Gasteiger partial charge >= 0.3 is 0 Å². The molecule has 80 valence electrons. The van der Waals surface area contributed by atoms with Crippen LogP contribution in [-0.2, 0) is 10.1 Å². The molecule has 13 heavy (non-hydrogen) atoms. The van der Waals surface area contributed by atoms with Gasteiger partial charge in [-0.2, -0.15) is 0 Å². The van der Waals surface area contributed by atoms with Gasteiger partial charge in [0.25, 0.3) is 0 Å². The SMILES string of the molecule is C[N+](C)(CCO)CCCS(=O)(=O)[O-]. The summed E-state index contributed by atoms with van der Waals surface area (Å²) in [7, 11) is -0.319. The molecule has 5 nitrogen and oxygen atoms in total. The normalized spacial score (nSPS) is 13.2. The number of quaternary nitrogens is 1. The maximum absolute atomic E-state index is 10.3. The molecule has 0 radical (unpaired) electrons. The zero-order valence-corrected chi connectivity index (χ0v) is 8.88. The molecule has 0 spiro atoms. The summed E-state index contributed by atoms with van der Waals surface area (Å²) in [4.78, 5) is 0. The third-order valence-electron chi connectivity index (χ3n) is 1.86. The van der Waals surface area contributed by atoms with Crippen LogP contribution in [0.15, 0.2) is 0 Å². The molecule has 0 saturated carbocycles. The molecule has 0 rings (SSSR count). The van der Waals surface area contributed by atoms with Gasteiger partial charge in [0.1, 0.15) is 6.54 Å². The van der Waals surface area contributed by atoms with E-state index in [1.807, 2.05) is 14.1 Å². The Morgan fingerprint density at radius 3 is 2.23 bits per heavy atom. The van der Waals surface area contributed by atoms with E-state index in [0.717, 1.165) is 0 Å². The van der Waals surface area contributed by atoms with Gasteiger partial charge in [-0.05, 0) is 0 Å². The summed E-state index contributed by atoms with van der Waals surface area (Å²) in [6, 6.07) is 0. The minimum absolute atomic E-state index is 0.0666. The highest BCUT2D eigenvalue weighted by molar-refractivity contribution is 7.85. The van der Waals surface area contributed by atoms with Crippen molar-refractivity contribution < 1.29 is 22.6 Å². The minimum Gasteiger partial charge on any atom is -0.748 e. The van der Waals surface area contributed by atoms with Crippen molar-refractivity contribution in [1.82, 2.24) is 0 Å². The molecule has 0 aromatic carbocycles. The Labute approximate surface area is 79.3 Å². The zero-order valence-electron chi connectivity index (χ0n) is 8.06. The molecule has 0 aliphatic heterocycles. The zero-order chi connectivity index (χ0) is 10.5. The van der Waals surface area contributed by atoms with Crippen LogP contribution >= 0.6 is 0 Å². The van der Waals surface area contributed by atoms with Crippen molar-refractivity contribution in [2.45, 2.75) is 6.42 Å². The first-order chi connectivity index (χ1) is 5.77. The van der Waals surface area contributed by atoms with E-state index < -0.39 is 10.1 Å². The lowest BCUT2D eigenvalue weighted by molar-refractivity contribution is -0.890. The Balaban J connectivity index is 3.76. The maximum Gasteiger partial charge on any atom is 0.102 e. The molecule has 1 N–H and O–H groups in total. The fraction of sp³-hybridized carbons (Fsp3) is 1.00. The molecule has 0 saturated heterocycles. The summed E-state index contributed by atoms with van der Waals surface area (Å²) in [6.45, 7) is 1.22. The van der Waals surface area contributed by atoms with Crippen molar-refractivity contribution in [1.29, 1.82) is 0 Å². The lowest BCUT2D eigenvalue weighted by atomic mass is 10.4. The molecule has 0 aromatic rings. The third kappa shape index (κ3) is 8.17. The van der Waals surface area contributed by atoms with Gasteiger partial charge in [-0.15, -0.1) is 0 Å². The van der Waals surface area contributed by atoms with E-state index in [2.05, 4.69) is 0 Å². The van der Waals surface area contributed by atoms with Gasteiger partial charge in [-0.1, -0.05) is 0 Å². The van der Waals surface area contributed by atoms with Crippen LogP contribution in [0.1, 0.15) is 6.42 Å². The molecule has 0 aromatic heterocycles. The minimum atomic E-state index is -4.08. The van der Waals surface area contributed by atoms with Crippen molar-refractivity contribution in [3.63, 3.8) is 0 Å². The Kier molecular flexibility index (Phi) is 4.83. The van der Waals surface area contributed by atoms with Gasteiger partial charge in [0, 0.05) is 12.2 Å². The maximum atomic E-state index is 10.3. The first-order valence-corrected chi connectivity index (χ1v) is 5.71. The van der Waals surface area contributed by atoms with Crippen molar-refractivity contribution in [2.75, 3.05) is 39.5 Å². The number of aliphatic hydroxyl groups excluding tert-OH is 1. The number of likely N-dealkylation sites (N-methyl/N-ethyl adjacent to an activating group) is 1. The van der Waals surface area contributed by atoms with E-state index in [-0.39, 0.29) is 12.4 Å². The highest BCUT2D eigenvalue weighted by atomic mass is 32.2. The van der Waals surface area contributed by atoms with E-state index in [1.54, 1.807) is 0 Å². The summed E-state index contributed by atoms with van der Waals surface area (Å²) >= 11 is 0. The van der Waals surface area contributed by atoms with E-state index in [0.29, 0.717) is 24.0 Å². The topological polar surface area (TPSA) is 77.4 Å². The lowest BCUT2D eigenvalue weighted by Crippen LogP contribution is -2.43. The van der Waals surface area contributed by atoms with Crippen LogP contribution in [-0.4, -0.2) is 62.1 Å². The summed E-state index contributed by atoms with van der Waals surface area (Å²) in [6.07, 6.45) is 0.346. The van der Waals surface area contributed by atoms with Gasteiger partial charge in [0.15, 0.2) is 0 Å². The van der Waals surface area contributed by atoms with E-state index in [1.165, 1.54) is 0 Å². The molecule has 0 atom stereocenters. The Morgan fingerprint density at radius 1 is 1.31 bits per heavy atom. The predicted octanol–water partition coefficient (Wildman–Crippen LogP) is -1.01. The van der Waals surface area contributed by atoms with E-state index in [4.69, 9.17) is 5.11 Å². The van der Waals surface area contributed by atoms with Crippen molar-refractivity contribution in [3.05, 3.63) is 0 Å². The molecule has 0 bridgehead atoms. The second kappa shape index (κ2) is 4.90. The van der Waals surface area contributed by atoms with Crippen LogP contribution in [0.2, 0.25) is 0 Å². The van der Waals surface area contributed by atoms with Crippen LogP contribution in [0, 0.1) is 0 Å². The van der Waals surface area contributed by atoms with Gasteiger partial charge < -0.3 is 14.1 Å². The molecular weight excluding hydrogens is 194 g/mol. The second-order valence-electron chi connectivity index (χ2n) is 3.72. The van der Waals surface area contributed by atoms with E-state index >= 15 is 0 Å². The third-order valence-corrected chi connectivity index (χ3v) is 2.65. The molecule has 0 heterocycles. The Hall–Kier alpha value is -0.170. The molecule has 0 unspecified atom stereocenters. The monoisotopic (exact) mass is 211 g/mol. The number of nitrogens with zero attached hydrogens (tertiary/aromatic N) is 1. The highest BCUT2D eigenvalue weighted by Crippen LogP contribution is 1.99. The quantitative estimate of drug-likeness (QED) is 0.451. The molecule has 0 amide bonds. The van der Waals surface area contributed by atoms with Crippen molar-refractivity contribution >= 4 is 10.1 Å². The number of aliphatic hydroxyl groups is 1. The largest absolute Gasteiger partial charge is 0.748 e. The van der Waals surface area contributed by atoms with E-state index in [9.17, 15) is 13.0 Å². The molecule has 0 aliphatic rings. The average Bonchev–Trinajstić information content (AvgIpc) is 1.82. The van der Waals surface area contributed by atoms with Gasteiger partial charge in [0.05, 0.1) is 37.4 Å². The first kappa shape index (κ1) is 12.8. The summed E-state index contributed by atoms with van der Waals surface area (Å²) < 4.78 is 31.3. The lowest BCUT2D eigenvalue weighted by Gasteiger charge is -2.29. The number of hydrogen-bond acceptors (Lipinski definition) is 4. The fourth-order valence-electron chi connectivity index (χ4n) is 1.05. The summed E-state index contributed by atoms with van der Waals surface area (Å²) in [5.74, 6) is -0.319. The molecular formula is C7H17NO4S. The Bertz CT molecular complexity index is 235. The van der Waals surface area contributed by atoms with Crippen LogP contribution in [0.3, 0.4) is 0 Å². The second-order valence-corrected chi connectivity index (χ2v) is 5.25. The van der Waals surface area contributed by atoms with Crippen LogP contribution in [0.4, 0.5) is 0 Å². The standard InChI is InChI=1S/C7H17NO4S/c1-8(2,5-6-9)4-3-7-13(10,11)12/h9H,3-7H2,1-2H3. The van der Waals surface area contributed by atoms with Gasteiger partial charge in [0.2, 0.25) is 0 Å². The number of rotatable bonds is 6. The average molecular weight is 211 g/mol. The van der Waals surface area contributed by atoms with Crippen LogP contribution < -0.4 is 0 Å². The Morgan fingerprint density at radius 2 is 1.85 bits per heavy atom. The summed E-state index contributed by atoms with van der Waals surface area (Å²) in [5.41, 5.74) is 0. The van der Waals surface area contributed by atoms with Crippen molar-refractivity contribution in [2.24, 2.45) is 0 Å². The van der Waals surface area contributed by atoms with Gasteiger partial charge in [-0.25, -0.2) is 8.42 Å². The molecule has 6 heteroatoms.